The van der Waals surface area contributed by atoms with Gasteiger partial charge in [0.2, 0.25) is 0 Å². The number of morpholine rings is 1. The highest BCUT2D eigenvalue weighted by Gasteiger charge is 2.29. The molecule has 1 fully saturated rings. The number of ether oxygens (including phenoxy) is 1. The predicted octanol–water partition coefficient (Wildman–Crippen LogP) is 2.41. The average Bonchev–Trinajstić information content (AvgIpc) is 2.65. The second-order valence-corrected chi connectivity index (χ2v) is 7.21. The molecule has 0 bridgehead atoms. The van der Waals surface area contributed by atoms with Crippen molar-refractivity contribution >= 4 is 11.7 Å². The molecule has 1 aromatic carbocycles. The van der Waals surface area contributed by atoms with E-state index < -0.39 is 4.92 Å². The molecular weight excluding hydrogens is 336 g/mol. The zero-order valence-corrected chi connectivity index (χ0v) is 15.9. The van der Waals surface area contributed by atoms with E-state index >= 15 is 0 Å². The Kier molecular flexibility index (Phi) is 6.55. The van der Waals surface area contributed by atoms with Gasteiger partial charge in [0.15, 0.2) is 0 Å². The molecule has 0 unspecified atom stereocenters. The van der Waals surface area contributed by atoms with E-state index in [9.17, 15) is 14.9 Å². The normalized spacial score (nSPS) is 16.8. The lowest BCUT2D eigenvalue weighted by Gasteiger charge is -2.41. The lowest BCUT2D eigenvalue weighted by Crippen LogP contribution is -2.56. The smallest absolute Gasteiger partial charge is 0.317 e. The third-order valence-corrected chi connectivity index (χ3v) is 5.00. The van der Waals surface area contributed by atoms with E-state index in [1.54, 1.807) is 24.1 Å². The largest absolute Gasteiger partial charge is 0.379 e. The Morgan fingerprint density at radius 3 is 2.69 bits per heavy atom. The zero-order chi connectivity index (χ0) is 19.3. The Hall–Kier alpha value is -2.19. The lowest BCUT2D eigenvalue weighted by molar-refractivity contribution is -0.384. The van der Waals surface area contributed by atoms with Crippen molar-refractivity contribution in [1.29, 1.82) is 0 Å². The van der Waals surface area contributed by atoms with Crippen molar-refractivity contribution in [3.05, 3.63) is 39.9 Å². The third kappa shape index (κ3) is 4.92. The van der Waals surface area contributed by atoms with Crippen molar-refractivity contribution in [1.82, 2.24) is 15.1 Å². The van der Waals surface area contributed by atoms with E-state index in [2.05, 4.69) is 24.1 Å². The predicted molar refractivity (Wildman–Crippen MR) is 99.1 cm³/mol. The lowest BCUT2D eigenvalue weighted by atomic mass is 10.0. The SMILES string of the molecule is C[C@@H](c1cccc([N+](=O)[O-])c1)N(C)C(=O)NCC(C)(C)N1CCOCC1. The molecule has 8 nitrogen and oxygen atoms in total. The number of nitrogens with one attached hydrogen (secondary N) is 1. The molecule has 2 amide bonds. The maximum Gasteiger partial charge on any atom is 0.317 e. The summed E-state index contributed by atoms with van der Waals surface area (Å²) in [5.74, 6) is 0. The fraction of sp³-hybridized carbons (Fsp3) is 0.611. The molecule has 0 aromatic heterocycles. The van der Waals surface area contributed by atoms with Gasteiger partial charge in [-0.25, -0.2) is 4.79 Å². The van der Waals surface area contributed by atoms with Gasteiger partial charge in [-0.15, -0.1) is 0 Å². The molecule has 1 aliphatic heterocycles. The summed E-state index contributed by atoms with van der Waals surface area (Å²) in [6.07, 6.45) is 0. The average molecular weight is 364 g/mol. The van der Waals surface area contributed by atoms with Crippen LogP contribution in [0.25, 0.3) is 0 Å². The molecule has 1 saturated heterocycles. The summed E-state index contributed by atoms with van der Waals surface area (Å²) in [5, 5.41) is 13.9. The highest BCUT2D eigenvalue weighted by atomic mass is 16.6. The van der Waals surface area contributed by atoms with Crippen molar-refractivity contribution in [3.63, 3.8) is 0 Å². The van der Waals surface area contributed by atoms with Gasteiger partial charge in [-0.1, -0.05) is 12.1 Å². The maximum absolute atomic E-state index is 12.5. The number of hydrogen-bond acceptors (Lipinski definition) is 5. The Bertz CT molecular complexity index is 644. The fourth-order valence-electron chi connectivity index (χ4n) is 2.99. The van der Waals surface area contributed by atoms with Crippen LogP contribution in [0, 0.1) is 10.1 Å². The Labute approximate surface area is 154 Å². The Morgan fingerprint density at radius 1 is 1.42 bits per heavy atom. The molecule has 2 rings (SSSR count). The van der Waals surface area contributed by atoms with E-state index in [1.807, 2.05) is 6.92 Å². The van der Waals surface area contributed by atoms with E-state index in [0.29, 0.717) is 19.8 Å². The summed E-state index contributed by atoms with van der Waals surface area (Å²) in [6, 6.07) is 5.90. The standard InChI is InChI=1S/C18H28N4O4/c1-14(15-6-5-7-16(12-15)22(24)25)20(4)17(23)19-13-18(2,3)21-8-10-26-11-9-21/h5-7,12,14H,8-11,13H2,1-4H3,(H,19,23)/t14-/m0/s1. The molecule has 0 saturated carbocycles. The van der Waals surface area contributed by atoms with Crippen LogP contribution in [-0.2, 0) is 4.74 Å². The van der Waals surface area contributed by atoms with Crippen LogP contribution < -0.4 is 5.32 Å². The van der Waals surface area contributed by atoms with Gasteiger partial charge in [0.05, 0.1) is 24.2 Å². The number of nitro groups is 1. The number of carbonyl (C=O) groups excluding carboxylic acids is 1. The summed E-state index contributed by atoms with van der Waals surface area (Å²) in [6.45, 7) is 9.68. The molecule has 8 heteroatoms. The molecule has 0 aliphatic carbocycles. The van der Waals surface area contributed by atoms with Crippen molar-refractivity contribution < 1.29 is 14.5 Å². The quantitative estimate of drug-likeness (QED) is 0.619. The molecule has 0 spiro atoms. The van der Waals surface area contributed by atoms with Crippen molar-refractivity contribution in [2.24, 2.45) is 0 Å². The minimum atomic E-state index is -0.429. The van der Waals surface area contributed by atoms with Gasteiger partial charge in [-0.2, -0.15) is 0 Å². The van der Waals surface area contributed by atoms with Gasteiger partial charge in [0.1, 0.15) is 0 Å². The highest BCUT2D eigenvalue weighted by Crippen LogP contribution is 2.23. The van der Waals surface area contributed by atoms with Crippen LogP contribution in [-0.4, -0.2) is 66.2 Å². The number of nitrogens with zero attached hydrogens (tertiary/aromatic N) is 3. The van der Waals surface area contributed by atoms with Crippen LogP contribution in [0.5, 0.6) is 0 Å². The molecule has 144 valence electrons. The Balaban J connectivity index is 1.95. The number of rotatable bonds is 6. The number of non-ortho nitro benzene ring substituents is 1. The second kappa shape index (κ2) is 8.46. The van der Waals surface area contributed by atoms with E-state index in [4.69, 9.17) is 4.74 Å². The van der Waals surface area contributed by atoms with Crippen molar-refractivity contribution in [2.75, 3.05) is 39.9 Å². The monoisotopic (exact) mass is 364 g/mol. The van der Waals surface area contributed by atoms with Crippen LogP contribution in [0.15, 0.2) is 24.3 Å². The summed E-state index contributed by atoms with van der Waals surface area (Å²) >= 11 is 0. The summed E-state index contributed by atoms with van der Waals surface area (Å²) in [7, 11) is 1.70. The molecule has 26 heavy (non-hydrogen) atoms. The van der Waals surface area contributed by atoms with E-state index in [-0.39, 0.29) is 23.3 Å². The van der Waals surface area contributed by atoms with Crippen molar-refractivity contribution in [3.8, 4) is 0 Å². The van der Waals surface area contributed by atoms with Gasteiger partial charge >= 0.3 is 6.03 Å². The number of amides is 2. The Morgan fingerprint density at radius 2 is 2.08 bits per heavy atom. The van der Waals surface area contributed by atoms with E-state index in [0.717, 1.165) is 18.7 Å². The molecule has 0 radical (unpaired) electrons. The van der Waals surface area contributed by atoms with Crippen LogP contribution in [0.1, 0.15) is 32.4 Å². The molecule has 1 N–H and O–H groups in total. The van der Waals surface area contributed by atoms with Gasteiger partial charge in [0, 0.05) is 44.4 Å². The summed E-state index contributed by atoms with van der Waals surface area (Å²) in [5.41, 5.74) is 0.579. The molecule has 1 heterocycles. The highest BCUT2D eigenvalue weighted by molar-refractivity contribution is 5.74. The third-order valence-electron chi connectivity index (χ3n) is 5.00. The number of urea groups is 1. The fourth-order valence-corrected chi connectivity index (χ4v) is 2.99. The van der Waals surface area contributed by atoms with Gasteiger partial charge in [-0.05, 0) is 26.3 Å². The van der Waals surface area contributed by atoms with Crippen LogP contribution in [0.4, 0.5) is 10.5 Å². The first-order valence-corrected chi connectivity index (χ1v) is 8.80. The number of hydrogen-bond donors (Lipinski definition) is 1. The van der Waals surface area contributed by atoms with E-state index in [1.165, 1.54) is 12.1 Å². The number of nitro benzene ring substituents is 1. The molecule has 1 atom stereocenters. The van der Waals surface area contributed by atoms with Gasteiger partial charge in [-0.3, -0.25) is 15.0 Å². The first kappa shape index (κ1) is 20.1. The van der Waals surface area contributed by atoms with Gasteiger partial charge < -0.3 is 15.0 Å². The van der Waals surface area contributed by atoms with Crippen LogP contribution >= 0.6 is 0 Å². The van der Waals surface area contributed by atoms with Crippen molar-refractivity contribution in [2.45, 2.75) is 32.4 Å². The van der Waals surface area contributed by atoms with Gasteiger partial charge in [0.25, 0.3) is 5.69 Å². The zero-order valence-electron chi connectivity index (χ0n) is 15.9. The minimum absolute atomic E-state index is 0.0246. The number of benzene rings is 1. The van der Waals surface area contributed by atoms with Crippen LogP contribution in [0.3, 0.4) is 0 Å². The summed E-state index contributed by atoms with van der Waals surface area (Å²) < 4.78 is 5.38. The second-order valence-electron chi connectivity index (χ2n) is 7.21. The maximum atomic E-state index is 12.5. The molecule has 1 aliphatic rings. The first-order chi connectivity index (χ1) is 12.2. The minimum Gasteiger partial charge on any atom is -0.379 e. The summed E-state index contributed by atoms with van der Waals surface area (Å²) in [4.78, 5) is 26.9. The topological polar surface area (TPSA) is 88.0 Å². The molecule has 1 aromatic rings. The number of carbonyl (C=O) groups is 1. The molecular formula is C18H28N4O4. The van der Waals surface area contributed by atoms with Crippen LogP contribution in [0.2, 0.25) is 0 Å². The first-order valence-electron chi connectivity index (χ1n) is 8.80.